The van der Waals surface area contributed by atoms with Crippen LogP contribution in [0.2, 0.25) is 0 Å². The fourth-order valence-electron chi connectivity index (χ4n) is 2.64. The molecule has 0 aromatic heterocycles. The topological polar surface area (TPSA) is 76.7 Å². The molecule has 2 aromatic carbocycles. The van der Waals surface area contributed by atoms with Crippen LogP contribution in [0, 0.1) is 0 Å². The average Bonchev–Trinajstić information content (AvgIpc) is 2.66. The SMILES string of the molecule is CCOC(=O)N[C@H](c1ccccc1)[C@H](NC(=O)OCC)c1ccccc1. The van der Waals surface area contributed by atoms with Gasteiger partial charge in [0, 0.05) is 0 Å². The van der Waals surface area contributed by atoms with Gasteiger partial charge in [-0.3, -0.25) is 0 Å². The summed E-state index contributed by atoms with van der Waals surface area (Å²) in [6.07, 6.45) is -1.10. The van der Waals surface area contributed by atoms with E-state index >= 15 is 0 Å². The molecule has 2 aromatic rings. The van der Waals surface area contributed by atoms with E-state index in [1.165, 1.54) is 0 Å². The normalized spacial score (nSPS) is 12.5. The Kier molecular flexibility index (Phi) is 7.49. The minimum atomic E-state index is -0.548. The first kappa shape index (κ1) is 19.3. The third kappa shape index (κ3) is 5.51. The van der Waals surface area contributed by atoms with E-state index in [0.29, 0.717) is 0 Å². The lowest BCUT2D eigenvalue weighted by atomic mass is 9.93. The van der Waals surface area contributed by atoms with Gasteiger partial charge >= 0.3 is 12.2 Å². The van der Waals surface area contributed by atoms with Gasteiger partial charge in [0.25, 0.3) is 0 Å². The van der Waals surface area contributed by atoms with Gasteiger partial charge in [-0.05, 0) is 25.0 Å². The molecule has 0 spiro atoms. The predicted molar refractivity (Wildman–Crippen MR) is 98.7 cm³/mol. The highest BCUT2D eigenvalue weighted by atomic mass is 16.6. The van der Waals surface area contributed by atoms with Crippen molar-refractivity contribution in [2.75, 3.05) is 13.2 Å². The van der Waals surface area contributed by atoms with Crippen LogP contribution in [0.15, 0.2) is 60.7 Å². The number of hydrogen-bond donors (Lipinski definition) is 2. The number of alkyl carbamates (subject to hydrolysis) is 2. The van der Waals surface area contributed by atoms with E-state index in [0.717, 1.165) is 11.1 Å². The van der Waals surface area contributed by atoms with Crippen molar-refractivity contribution in [1.82, 2.24) is 10.6 Å². The molecule has 0 heterocycles. The van der Waals surface area contributed by atoms with Gasteiger partial charge in [-0.25, -0.2) is 9.59 Å². The maximum absolute atomic E-state index is 12.1. The first-order valence-corrected chi connectivity index (χ1v) is 8.62. The Bertz CT molecular complexity index is 630. The molecule has 0 radical (unpaired) electrons. The lowest BCUT2D eigenvalue weighted by Gasteiger charge is -2.29. The van der Waals surface area contributed by atoms with E-state index in [1.54, 1.807) is 13.8 Å². The van der Waals surface area contributed by atoms with Crippen molar-refractivity contribution < 1.29 is 19.1 Å². The number of carbonyl (C=O) groups excluding carboxylic acids is 2. The minimum Gasteiger partial charge on any atom is -0.450 e. The molecule has 0 aliphatic heterocycles. The summed E-state index contributed by atoms with van der Waals surface area (Å²) in [5, 5.41) is 5.70. The standard InChI is InChI=1S/C20H24N2O4/c1-3-25-19(23)21-17(15-11-7-5-8-12-15)18(22-20(24)26-4-2)16-13-9-6-10-14-16/h5-14,17-18H,3-4H2,1-2H3,(H,21,23)(H,22,24)/t17-,18-/m1/s1. The van der Waals surface area contributed by atoms with Gasteiger partial charge < -0.3 is 20.1 Å². The monoisotopic (exact) mass is 356 g/mol. The zero-order valence-corrected chi connectivity index (χ0v) is 15.0. The second-order valence-corrected chi connectivity index (χ2v) is 5.51. The molecule has 0 saturated heterocycles. The first-order valence-electron chi connectivity index (χ1n) is 8.62. The van der Waals surface area contributed by atoms with Crippen LogP contribution in [0.3, 0.4) is 0 Å². The first-order chi connectivity index (χ1) is 12.7. The van der Waals surface area contributed by atoms with Crippen molar-refractivity contribution in [2.45, 2.75) is 25.9 Å². The highest BCUT2D eigenvalue weighted by Crippen LogP contribution is 2.29. The predicted octanol–water partition coefficient (Wildman–Crippen LogP) is 3.96. The van der Waals surface area contributed by atoms with Crippen LogP contribution < -0.4 is 10.6 Å². The van der Waals surface area contributed by atoms with Crippen molar-refractivity contribution in [3.05, 3.63) is 71.8 Å². The summed E-state index contributed by atoms with van der Waals surface area (Å²) in [4.78, 5) is 24.2. The summed E-state index contributed by atoms with van der Waals surface area (Å²) >= 11 is 0. The molecule has 0 fully saturated rings. The van der Waals surface area contributed by atoms with Crippen LogP contribution in [0.5, 0.6) is 0 Å². The summed E-state index contributed by atoms with van der Waals surface area (Å²) in [6, 6.07) is 17.8. The third-order valence-corrected chi connectivity index (χ3v) is 3.75. The van der Waals surface area contributed by atoms with E-state index in [9.17, 15) is 9.59 Å². The Labute approximate surface area is 153 Å². The zero-order valence-electron chi connectivity index (χ0n) is 15.0. The van der Waals surface area contributed by atoms with Gasteiger partial charge in [0.05, 0.1) is 25.3 Å². The molecule has 138 valence electrons. The second-order valence-electron chi connectivity index (χ2n) is 5.51. The Morgan fingerprint density at radius 1 is 0.731 bits per heavy atom. The van der Waals surface area contributed by atoms with Gasteiger partial charge in [0.1, 0.15) is 0 Å². The number of benzene rings is 2. The van der Waals surface area contributed by atoms with Crippen LogP contribution in [-0.4, -0.2) is 25.4 Å². The summed E-state index contributed by atoms with van der Waals surface area (Å²) < 4.78 is 10.1. The smallest absolute Gasteiger partial charge is 0.407 e. The molecule has 0 aliphatic rings. The van der Waals surface area contributed by atoms with E-state index in [1.807, 2.05) is 60.7 Å². The van der Waals surface area contributed by atoms with Crippen molar-refractivity contribution in [1.29, 1.82) is 0 Å². The second kappa shape index (κ2) is 10.1. The molecule has 2 N–H and O–H groups in total. The van der Waals surface area contributed by atoms with Gasteiger partial charge in [-0.2, -0.15) is 0 Å². The minimum absolute atomic E-state index is 0.259. The number of ether oxygens (including phenoxy) is 2. The molecule has 2 atom stereocenters. The number of carbonyl (C=O) groups is 2. The Hall–Kier alpha value is -3.02. The van der Waals surface area contributed by atoms with Crippen molar-refractivity contribution in [3.63, 3.8) is 0 Å². The molecule has 6 heteroatoms. The van der Waals surface area contributed by atoms with Crippen LogP contribution >= 0.6 is 0 Å². The summed E-state index contributed by atoms with van der Waals surface area (Å²) in [5.41, 5.74) is 1.68. The third-order valence-electron chi connectivity index (χ3n) is 3.75. The molecule has 0 bridgehead atoms. The maximum Gasteiger partial charge on any atom is 0.407 e. The summed E-state index contributed by atoms with van der Waals surface area (Å²) in [5.74, 6) is 0. The lowest BCUT2D eigenvalue weighted by molar-refractivity contribution is 0.135. The van der Waals surface area contributed by atoms with Crippen LogP contribution in [0.25, 0.3) is 0 Å². The Balaban J connectivity index is 2.39. The number of rotatable bonds is 7. The molecule has 26 heavy (non-hydrogen) atoms. The van der Waals surface area contributed by atoms with Crippen LogP contribution in [0.1, 0.15) is 37.1 Å². The fraction of sp³-hybridized carbons (Fsp3) is 0.300. The Morgan fingerprint density at radius 2 is 1.08 bits per heavy atom. The molecule has 0 unspecified atom stereocenters. The molecule has 2 rings (SSSR count). The van der Waals surface area contributed by atoms with Crippen molar-refractivity contribution in [2.24, 2.45) is 0 Å². The van der Waals surface area contributed by atoms with Crippen molar-refractivity contribution in [3.8, 4) is 0 Å². The quantitative estimate of drug-likeness (QED) is 0.787. The number of amides is 2. The van der Waals surface area contributed by atoms with E-state index in [4.69, 9.17) is 9.47 Å². The largest absolute Gasteiger partial charge is 0.450 e. The van der Waals surface area contributed by atoms with Gasteiger partial charge in [0.15, 0.2) is 0 Å². The molecule has 2 amide bonds. The van der Waals surface area contributed by atoms with Gasteiger partial charge in [-0.1, -0.05) is 60.7 Å². The van der Waals surface area contributed by atoms with Gasteiger partial charge in [0.2, 0.25) is 0 Å². The van der Waals surface area contributed by atoms with E-state index < -0.39 is 24.3 Å². The number of nitrogens with one attached hydrogen (secondary N) is 2. The lowest BCUT2D eigenvalue weighted by Crippen LogP contribution is -2.41. The molecule has 6 nitrogen and oxygen atoms in total. The summed E-state index contributed by atoms with van der Waals surface area (Å²) in [6.45, 7) is 3.99. The van der Waals surface area contributed by atoms with E-state index in [2.05, 4.69) is 10.6 Å². The van der Waals surface area contributed by atoms with Crippen LogP contribution in [-0.2, 0) is 9.47 Å². The number of hydrogen-bond acceptors (Lipinski definition) is 4. The zero-order chi connectivity index (χ0) is 18.8. The highest BCUT2D eigenvalue weighted by molar-refractivity contribution is 5.70. The van der Waals surface area contributed by atoms with E-state index in [-0.39, 0.29) is 13.2 Å². The fourth-order valence-corrected chi connectivity index (χ4v) is 2.64. The Morgan fingerprint density at radius 3 is 1.38 bits per heavy atom. The molecular formula is C20H24N2O4. The highest BCUT2D eigenvalue weighted by Gasteiger charge is 2.28. The average molecular weight is 356 g/mol. The van der Waals surface area contributed by atoms with Crippen molar-refractivity contribution >= 4 is 12.2 Å². The van der Waals surface area contributed by atoms with Gasteiger partial charge in [-0.15, -0.1) is 0 Å². The van der Waals surface area contributed by atoms with Crippen LogP contribution in [0.4, 0.5) is 9.59 Å². The molecule has 0 saturated carbocycles. The molecule has 0 aliphatic carbocycles. The molecular weight excluding hydrogens is 332 g/mol. The maximum atomic E-state index is 12.1. The summed E-state index contributed by atoms with van der Waals surface area (Å²) in [7, 11) is 0.